The first-order valence-electron chi connectivity index (χ1n) is 10.7. The van der Waals surface area contributed by atoms with Gasteiger partial charge in [-0.1, -0.05) is 45.0 Å². The van der Waals surface area contributed by atoms with Gasteiger partial charge in [-0.2, -0.15) is 0 Å². The Kier molecular flexibility index (Phi) is 6.74. The van der Waals surface area contributed by atoms with Gasteiger partial charge in [-0.05, 0) is 42.2 Å². The predicted octanol–water partition coefficient (Wildman–Crippen LogP) is 3.49. The molecule has 0 spiro atoms. The monoisotopic (exact) mass is 473 g/mol. The molecule has 0 aliphatic carbocycles. The van der Waals surface area contributed by atoms with Gasteiger partial charge >= 0.3 is 0 Å². The molecule has 1 atom stereocenters. The molecule has 8 nitrogen and oxygen atoms in total. The number of methoxy groups -OCH3 is 1. The molecule has 0 aromatic heterocycles. The molecule has 1 aliphatic rings. The summed E-state index contributed by atoms with van der Waals surface area (Å²) in [6, 6.07) is 9.96. The number of carbonyl (C=O) groups is 2. The number of nitrogens with zero attached hydrogens (tertiary/aromatic N) is 1. The third-order valence-electron chi connectivity index (χ3n) is 5.53. The molecular formula is C24H31N3O5S. The maximum absolute atomic E-state index is 13.6. The maximum atomic E-state index is 13.6. The zero-order chi connectivity index (χ0) is 24.6. The number of hydrogen-bond acceptors (Lipinski definition) is 5. The lowest BCUT2D eigenvalue weighted by Gasteiger charge is -2.39. The maximum Gasteiger partial charge on any atom is 0.251 e. The van der Waals surface area contributed by atoms with E-state index in [0.29, 0.717) is 35.7 Å². The molecule has 2 amide bonds. The van der Waals surface area contributed by atoms with Gasteiger partial charge in [0.05, 0.1) is 24.7 Å². The van der Waals surface area contributed by atoms with Gasteiger partial charge in [0.1, 0.15) is 11.8 Å². The second-order valence-electron chi connectivity index (χ2n) is 9.33. The number of fused-ring (bicyclic) bond motifs is 1. The fourth-order valence-corrected chi connectivity index (χ4v) is 4.58. The van der Waals surface area contributed by atoms with Crippen LogP contribution in [0.4, 0.5) is 11.4 Å². The molecule has 0 saturated carbocycles. The third kappa shape index (κ3) is 5.47. The molecule has 2 aromatic carbocycles. The van der Waals surface area contributed by atoms with E-state index in [0.717, 1.165) is 17.4 Å². The van der Waals surface area contributed by atoms with Gasteiger partial charge in [0.15, 0.2) is 0 Å². The Morgan fingerprint density at radius 2 is 1.79 bits per heavy atom. The summed E-state index contributed by atoms with van der Waals surface area (Å²) in [4.78, 5) is 28.5. The highest BCUT2D eigenvalue weighted by atomic mass is 32.2. The first-order valence-corrected chi connectivity index (χ1v) is 12.6. The molecule has 2 N–H and O–H groups in total. The summed E-state index contributed by atoms with van der Waals surface area (Å²) in [6.07, 6.45) is 1.72. The van der Waals surface area contributed by atoms with Crippen molar-refractivity contribution in [3.63, 3.8) is 0 Å². The molecule has 0 saturated heterocycles. The molecule has 0 bridgehead atoms. The fourth-order valence-electron chi connectivity index (χ4n) is 3.96. The number of anilines is 2. The van der Waals surface area contributed by atoms with E-state index >= 15 is 0 Å². The summed E-state index contributed by atoms with van der Waals surface area (Å²) in [5.74, 6) is -0.127. The van der Waals surface area contributed by atoms with Crippen LogP contribution in [0.1, 0.15) is 43.5 Å². The van der Waals surface area contributed by atoms with Crippen molar-refractivity contribution in [2.24, 2.45) is 5.41 Å². The summed E-state index contributed by atoms with van der Waals surface area (Å²) in [6.45, 7) is 7.66. The molecule has 2 aromatic rings. The molecule has 0 radical (unpaired) electrons. The first kappa shape index (κ1) is 24.6. The number of hydrogen-bond donors (Lipinski definition) is 2. The van der Waals surface area contributed by atoms with Crippen LogP contribution in [0.25, 0.3) is 0 Å². The number of aryl methyl sites for hydroxylation is 1. The molecule has 1 unspecified atom stereocenters. The van der Waals surface area contributed by atoms with Crippen LogP contribution >= 0.6 is 0 Å². The van der Waals surface area contributed by atoms with Gasteiger partial charge in [-0.25, -0.2) is 8.42 Å². The number of carbonyl (C=O) groups excluding carboxylic acids is 2. The Morgan fingerprint density at radius 1 is 1.12 bits per heavy atom. The number of amides is 2. The van der Waals surface area contributed by atoms with Crippen molar-refractivity contribution in [2.45, 2.75) is 40.2 Å². The van der Waals surface area contributed by atoms with Crippen LogP contribution in [-0.4, -0.2) is 45.0 Å². The first-order chi connectivity index (χ1) is 15.3. The number of rotatable bonds is 5. The van der Waals surface area contributed by atoms with E-state index in [9.17, 15) is 18.0 Å². The summed E-state index contributed by atoms with van der Waals surface area (Å²) in [5.41, 5.74) is 2.43. The van der Waals surface area contributed by atoms with E-state index in [4.69, 9.17) is 4.74 Å². The number of ether oxygens (including phenoxy) is 1. The average molecular weight is 474 g/mol. The minimum Gasteiger partial charge on any atom is -0.495 e. The SMILES string of the molecule is COc1cc(C)c(NS(C)(=O)=O)cc1NC(=O)C1c2ccccc2CCN1C(=O)C(C)(C)C. The lowest BCUT2D eigenvalue weighted by Crippen LogP contribution is -2.49. The minimum atomic E-state index is -3.52. The van der Waals surface area contributed by atoms with Crippen molar-refractivity contribution in [2.75, 3.05) is 29.9 Å². The van der Waals surface area contributed by atoms with Crippen LogP contribution in [0.3, 0.4) is 0 Å². The third-order valence-corrected chi connectivity index (χ3v) is 6.12. The van der Waals surface area contributed by atoms with Crippen LogP contribution in [0.15, 0.2) is 36.4 Å². The second kappa shape index (κ2) is 9.05. The topological polar surface area (TPSA) is 105 Å². The van der Waals surface area contributed by atoms with Gasteiger partial charge in [0.2, 0.25) is 15.9 Å². The van der Waals surface area contributed by atoms with Crippen molar-refractivity contribution < 1.29 is 22.7 Å². The molecule has 3 rings (SSSR count). The highest BCUT2D eigenvalue weighted by molar-refractivity contribution is 7.92. The zero-order valence-electron chi connectivity index (χ0n) is 19.9. The largest absolute Gasteiger partial charge is 0.495 e. The normalized spacial score (nSPS) is 16.1. The van der Waals surface area contributed by atoms with E-state index in [1.807, 2.05) is 45.0 Å². The summed E-state index contributed by atoms with van der Waals surface area (Å²) < 4.78 is 31.4. The summed E-state index contributed by atoms with van der Waals surface area (Å²) in [7, 11) is -2.05. The highest BCUT2D eigenvalue weighted by Gasteiger charge is 2.39. The second-order valence-corrected chi connectivity index (χ2v) is 11.1. The number of nitrogens with one attached hydrogen (secondary N) is 2. The Balaban J connectivity index is 2.03. The Hall–Kier alpha value is -3.07. The number of sulfonamides is 1. The molecule has 9 heteroatoms. The van der Waals surface area contributed by atoms with E-state index in [1.165, 1.54) is 13.2 Å². The van der Waals surface area contributed by atoms with E-state index in [2.05, 4.69) is 10.0 Å². The minimum absolute atomic E-state index is 0.118. The Labute approximate surface area is 195 Å². The van der Waals surface area contributed by atoms with Crippen molar-refractivity contribution in [1.82, 2.24) is 4.90 Å². The molecule has 1 heterocycles. The smallest absolute Gasteiger partial charge is 0.251 e. The van der Waals surface area contributed by atoms with Gasteiger partial charge in [-0.15, -0.1) is 0 Å². The Morgan fingerprint density at radius 3 is 2.39 bits per heavy atom. The number of benzene rings is 2. The Bertz CT molecular complexity index is 1190. The molecular weight excluding hydrogens is 442 g/mol. The van der Waals surface area contributed by atoms with Crippen LogP contribution in [-0.2, 0) is 26.0 Å². The molecule has 178 valence electrons. The van der Waals surface area contributed by atoms with Gasteiger partial charge in [0.25, 0.3) is 5.91 Å². The van der Waals surface area contributed by atoms with Gasteiger partial charge in [0, 0.05) is 12.0 Å². The zero-order valence-corrected chi connectivity index (χ0v) is 20.7. The lowest BCUT2D eigenvalue weighted by atomic mass is 9.87. The quantitative estimate of drug-likeness (QED) is 0.692. The highest BCUT2D eigenvalue weighted by Crippen LogP contribution is 2.36. The van der Waals surface area contributed by atoms with Crippen LogP contribution in [0, 0.1) is 12.3 Å². The van der Waals surface area contributed by atoms with Crippen molar-refractivity contribution in [1.29, 1.82) is 0 Å². The standard InChI is InChI=1S/C24H31N3O5S/c1-15-13-20(32-5)19(14-18(15)26-33(6,30)31)25-22(28)21-17-10-8-7-9-16(17)11-12-27(21)23(29)24(2,3)4/h7-10,13-14,21,26H,11-12H2,1-6H3,(H,25,28). The average Bonchev–Trinajstić information content (AvgIpc) is 2.72. The molecule has 1 aliphatic heterocycles. The predicted molar refractivity (Wildman–Crippen MR) is 129 cm³/mol. The summed E-state index contributed by atoms with van der Waals surface area (Å²) in [5, 5.41) is 2.87. The van der Waals surface area contributed by atoms with E-state index < -0.39 is 27.4 Å². The van der Waals surface area contributed by atoms with Gasteiger partial charge in [-0.3, -0.25) is 14.3 Å². The van der Waals surface area contributed by atoms with Crippen LogP contribution < -0.4 is 14.8 Å². The van der Waals surface area contributed by atoms with E-state index in [1.54, 1.807) is 17.9 Å². The molecule has 0 fully saturated rings. The fraction of sp³-hybridized carbons (Fsp3) is 0.417. The van der Waals surface area contributed by atoms with Crippen LogP contribution in [0.5, 0.6) is 5.75 Å². The lowest BCUT2D eigenvalue weighted by molar-refractivity contribution is -0.146. The van der Waals surface area contributed by atoms with E-state index in [-0.39, 0.29) is 5.91 Å². The van der Waals surface area contributed by atoms with Crippen molar-refractivity contribution in [3.8, 4) is 5.75 Å². The molecule has 33 heavy (non-hydrogen) atoms. The summed E-state index contributed by atoms with van der Waals surface area (Å²) >= 11 is 0. The van der Waals surface area contributed by atoms with Crippen molar-refractivity contribution >= 4 is 33.2 Å². The van der Waals surface area contributed by atoms with Crippen LogP contribution in [0.2, 0.25) is 0 Å². The van der Waals surface area contributed by atoms with Gasteiger partial charge < -0.3 is 15.0 Å². The van der Waals surface area contributed by atoms with Crippen molar-refractivity contribution in [3.05, 3.63) is 53.1 Å².